The van der Waals surface area contributed by atoms with E-state index in [-0.39, 0.29) is 29.1 Å². The van der Waals surface area contributed by atoms with E-state index in [0.29, 0.717) is 6.42 Å². The van der Waals surface area contributed by atoms with E-state index in [1.165, 1.54) is 35.2 Å². The Kier molecular flexibility index (Phi) is 10.2. The Bertz CT molecular complexity index is 1420. The zero-order valence-electron chi connectivity index (χ0n) is 23.6. The van der Waals surface area contributed by atoms with Crippen molar-refractivity contribution < 1.29 is 22.4 Å². The maximum atomic E-state index is 15.0. The van der Waals surface area contributed by atoms with Gasteiger partial charge in [-0.1, -0.05) is 86.3 Å². The van der Waals surface area contributed by atoms with E-state index in [2.05, 4.69) is 5.32 Å². The van der Waals surface area contributed by atoms with E-state index in [1.807, 2.05) is 38.1 Å². The lowest BCUT2D eigenvalue weighted by molar-refractivity contribution is -0.140. The number of amides is 2. The number of para-hydroxylation sites is 1. The van der Waals surface area contributed by atoms with Gasteiger partial charge in [-0.25, -0.2) is 12.8 Å². The van der Waals surface area contributed by atoms with Crippen molar-refractivity contribution in [1.29, 1.82) is 0 Å². The molecular weight excluding hydrogens is 541 g/mol. The quantitative estimate of drug-likeness (QED) is 0.321. The van der Waals surface area contributed by atoms with Crippen molar-refractivity contribution in [3.63, 3.8) is 0 Å². The fraction of sp³-hybridized carbons (Fsp3) is 0.375. The molecule has 9 heteroatoms. The van der Waals surface area contributed by atoms with E-state index in [1.54, 1.807) is 18.2 Å². The van der Waals surface area contributed by atoms with Crippen molar-refractivity contribution in [2.75, 3.05) is 10.8 Å². The summed E-state index contributed by atoms with van der Waals surface area (Å²) >= 11 is 0. The van der Waals surface area contributed by atoms with E-state index >= 15 is 4.39 Å². The van der Waals surface area contributed by atoms with Crippen molar-refractivity contribution in [3.8, 4) is 0 Å². The number of aryl methyl sites for hydroxylation is 1. The van der Waals surface area contributed by atoms with Crippen LogP contribution in [0.4, 0.5) is 10.1 Å². The Morgan fingerprint density at radius 2 is 1.56 bits per heavy atom. The molecule has 1 atom stereocenters. The van der Waals surface area contributed by atoms with Gasteiger partial charge in [-0.2, -0.15) is 0 Å². The molecule has 1 fully saturated rings. The Morgan fingerprint density at radius 1 is 0.927 bits per heavy atom. The lowest BCUT2D eigenvalue weighted by atomic mass is 9.95. The first-order chi connectivity index (χ1) is 19.7. The second kappa shape index (κ2) is 13.8. The largest absolute Gasteiger partial charge is 0.352 e. The standard InChI is InChI=1S/C32H38FN3O4S/c1-3-29(32(38)34-26-12-6-4-7-13-26)35(22-25-20-18-24(2)19-21-25)31(37)23-36(30-17-11-10-16-28(30)33)41(39,40)27-14-8-5-9-15-27/h5,8-11,14-21,26,29H,3-4,6-7,12-13,22-23H2,1-2H3,(H,34,38)/t29-/m0/s1. The van der Waals surface area contributed by atoms with Gasteiger partial charge in [0.1, 0.15) is 18.4 Å². The molecule has 0 aliphatic heterocycles. The van der Waals surface area contributed by atoms with Crippen LogP contribution in [0, 0.1) is 12.7 Å². The summed E-state index contributed by atoms with van der Waals surface area (Å²) in [5.41, 5.74) is 1.62. The molecular formula is C32H38FN3O4S. The van der Waals surface area contributed by atoms with Crippen LogP contribution in [0.2, 0.25) is 0 Å². The molecule has 218 valence electrons. The number of carbonyl (C=O) groups excluding carboxylic acids is 2. The number of carbonyl (C=O) groups is 2. The van der Waals surface area contributed by atoms with E-state index in [4.69, 9.17) is 0 Å². The number of rotatable bonds is 11. The van der Waals surface area contributed by atoms with E-state index < -0.39 is 34.3 Å². The van der Waals surface area contributed by atoms with Gasteiger partial charge in [-0.05, 0) is 56.0 Å². The molecule has 1 aliphatic carbocycles. The molecule has 1 aliphatic rings. The van der Waals surface area contributed by atoms with E-state index in [0.717, 1.165) is 53.6 Å². The van der Waals surface area contributed by atoms with Gasteiger partial charge in [0, 0.05) is 12.6 Å². The summed E-state index contributed by atoms with van der Waals surface area (Å²) in [4.78, 5) is 29.0. The number of nitrogens with one attached hydrogen (secondary N) is 1. The highest BCUT2D eigenvalue weighted by molar-refractivity contribution is 7.92. The van der Waals surface area contributed by atoms with Gasteiger partial charge in [0.25, 0.3) is 10.0 Å². The van der Waals surface area contributed by atoms with Crippen molar-refractivity contribution in [2.24, 2.45) is 0 Å². The minimum absolute atomic E-state index is 0.0509. The molecule has 0 heterocycles. The molecule has 0 aromatic heterocycles. The van der Waals surface area contributed by atoms with Gasteiger partial charge in [0.2, 0.25) is 11.8 Å². The van der Waals surface area contributed by atoms with Crippen molar-refractivity contribution in [2.45, 2.75) is 75.9 Å². The van der Waals surface area contributed by atoms with Crippen LogP contribution >= 0.6 is 0 Å². The zero-order valence-corrected chi connectivity index (χ0v) is 24.4. The Balaban J connectivity index is 1.70. The Hall–Kier alpha value is -3.72. The summed E-state index contributed by atoms with van der Waals surface area (Å²) < 4.78 is 43.4. The van der Waals surface area contributed by atoms with Gasteiger partial charge in [-0.3, -0.25) is 13.9 Å². The second-order valence-electron chi connectivity index (χ2n) is 10.6. The SMILES string of the molecule is CC[C@@H](C(=O)NC1CCCCC1)N(Cc1ccc(C)cc1)C(=O)CN(c1ccccc1F)S(=O)(=O)c1ccccc1. The summed E-state index contributed by atoms with van der Waals surface area (Å²) in [7, 11) is -4.31. The molecule has 7 nitrogen and oxygen atoms in total. The van der Waals surface area contributed by atoms with Gasteiger partial charge < -0.3 is 10.2 Å². The maximum Gasteiger partial charge on any atom is 0.264 e. The predicted octanol–water partition coefficient (Wildman–Crippen LogP) is 5.59. The van der Waals surface area contributed by atoms with Crippen molar-refractivity contribution >= 4 is 27.5 Å². The van der Waals surface area contributed by atoms with Gasteiger partial charge in [0.05, 0.1) is 10.6 Å². The number of hydrogen-bond acceptors (Lipinski definition) is 4. The number of hydrogen-bond donors (Lipinski definition) is 1. The van der Waals surface area contributed by atoms with Crippen molar-refractivity contribution in [1.82, 2.24) is 10.2 Å². The molecule has 4 rings (SSSR count). The molecule has 1 saturated carbocycles. The first kappa shape index (κ1) is 30.2. The van der Waals surface area contributed by atoms with Gasteiger partial charge in [0.15, 0.2) is 0 Å². The summed E-state index contributed by atoms with van der Waals surface area (Å²) in [6.45, 7) is 3.22. The normalized spacial score (nSPS) is 14.7. The third-order valence-corrected chi connectivity index (χ3v) is 9.32. The van der Waals surface area contributed by atoms with Crippen LogP contribution in [0.3, 0.4) is 0 Å². The summed E-state index contributed by atoms with van der Waals surface area (Å²) in [6.07, 6.45) is 5.35. The molecule has 0 radical (unpaired) electrons. The zero-order chi connectivity index (χ0) is 29.4. The molecule has 0 saturated heterocycles. The number of anilines is 1. The number of nitrogens with zero attached hydrogens (tertiary/aromatic N) is 2. The van der Waals surface area contributed by atoms with Crippen LogP contribution in [-0.4, -0.2) is 43.8 Å². The summed E-state index contributed by atoms with van der Waals surface area (Å²) in [6, 6.07) is 19.9. The highest BCUT2D eigenvalue weighted by atomic mass is 32.2. The van der Waals surface area contributed by atoms with Gasteiger partial charge >= 0.3 is 0 Å². The average molecular weight is 580 g/mol. The van der Waals surface area contributed by atoms with Crippen LogP contribution in [0.25, 0.3) is 0 Å². The number of benzene rings is 3. The number of halogens is 1. The third-order valence-electron chi connectivity index (χ3n) is 7.54. The molecule has 3 aromatic carbocycles. The smallest absolute Gasteiger partial charge is 0.264 e. The monoisotopic (exact) mass is 579 g/mol. The predicted molar refractivity (Wildman–Crippen MR) is 158 cm³/mol. The van der Waals surface area contributed by atoms with Crippen LogP contribution in [-0.2, 0) is 26.2 Å². The Morgan fingerprint density at radius 3 is 2.20 bits per heavy atom. The maximum absolute atomic E-state index is 15.0. The first-order valence-corrected chi connectivity index (χ1v) is 15.6. The summed E-state index contributed by atoms with van der Waals surface area (Å²) in [5, 5.41) is 3.13. The van der Waals surface area contributed by atoms with Crippen LogP contribution in [0.1, 0.15) is 56.6 Å². The second-order valence-corrected chi connectivity index (χ2v) is 12.4. The third kappa shape index (κ3) is 7.52. The minimum Gasteiger partial charge on any atom is -0.352 e. The van der Waals surface area contributed by atoms with Gasteiger partial charge in [-0.15, -0.1) is 0 Å². The molecule has 2 amide bonds. The molecule has 41 heavy (non-hydrogen) atoms. The Labute approximate surface area is 242 Å². The molecule has 0 unspecified atom stereocenters. The molecule has 0 bridgehead atoms. The minimum atomic E-state index is -4.31. The first-order valence-electron chi connectivity index (χ1n) is 14.2. The van der Waals surface area contributed by atoms with Crippen LogP contribution in [0.5, 0.6) is 0 Å². The van der Waals surface area contributed by atoms with Crippen molar-refractivity contribution in [3.05, 3.63) is 95.8 Å². The highest BCUT2D eigenvalue weighted by Crippen LogP contribution is 2.27. The number of sulfonamides is 1. The summed E-state index contributed by atoms with van der Waals surface area (Å²) in [5.74, 6) is -1.63. The van der Waals surface area contributed by atoms with Crippen LogP contribution in [0.15, 0.2) is 83.8 Å². The average Bonchev–Trinajstić information content (AvgIpc) is 2.98. The van der Waals surface area contributed by atoms with Crippen LogP contribution < -0.4 is 9.62 Å². The lowest BCUT2D eigenvalue weighted by Crippen LogP contribution is -2.54. The topological polar surface area (TPSA) is 86.8 Å². The molecule has 3 aromatic rings. The molecule has 1 N–H and O–H groups in total. The fourth-order valence-electron chi connectivity index (χ4n) is 5.24. The van der Waals surface area contributed by atoms with E-state index in [9.17, 15) is 18.0 Å². The fourth-order valence-corrected chi connectivity index (χ4v) is 6.68. The lowest BCUT2D eigenvalue weighted by Gasteiger charge is -2.34. The molecule has 0 spiro atoms. The highest BCUT2D eigenvalue weighted by Gasteiger charge is 2.35.